The van der Waals surface area contributed by atoms with E-state index in [2.05, 4.69) is 9.80 Å². The molecule has 0 N–H and O–H groups in total. The number of hydrogen-bond acceptors (Lipinski definition) is 4. The highest BCUT2D eigenvalue weighted by atomic mass is 35.5. The summed E-state index contributed by atoms with van der Waals surface area (Å²) in [7, 11) is -1.33. The summed E-state index contributed by atoms with van der Waals surface area (Å²) in [5.41, 5.74) is 1.02. The molecule has 0 spiro atoms. The minimum atomic E-state index is -3.35. The van der Waals surface area contributed by atoms with Crippen molar-refractivity contribution in [1.29, 1.82) is 0 Å². The fourth-order valence-corrected chi connectivity index (χ4v) is 5.24. The molecule has 0 atom stereocenters. The molecule has 0 unspecified atom stereocenters. The number of rotatable bonds is 4. The van der Waals surface area contributed by atoms with E-state index >= 15 is 0 Å². The Morgan fingerprint density at radius 1 is 0.920 bits per heavy atom. The van der Waals surface area contributed by atoms with Crippen molar-refractivity contribution in [3.8, 4) is 0 Å². The van der Waals surface area contributed by atoms with Crippen molar-refractivity contribution in [2.24, 2.45) is 0 Å². The quantitative estimate of drug-likeness (QED) is 0.761. The Morgan fingerprint density at radius 3 is 2.04 bits per heavy atom. The largest absolute Gasteiger partial charge is 0.304 e. The van der Waals surface area contributed by atoms with Gasteiger partial charge in [0.05, 0.1) is 0 Å². The van der Waals surface area contributed by atoms with E-state index in [0.29, 0.717) is 55.9 Å². The number of benzene rings is 1. The molecule has 6 nitrogen and oxygen atoms in total. The van der Waals surface area contributed by atoms with Gasteiger partial charge in [-0.2, -0.15) is 17.0 Å². The van der Waals surface area contributed by atoms with Gasteiger partial charge in [-0.25, -0.2) is 0 Å². The van der Waals surface area contributed by atoms with Crippen LogP contribution >= 0.6 is 23.2 Å². The number of halogens is 2. The van der Waals surface area contributed by atoms with Gasteiger partial charge in [0.1, 0.15) is 0 Å². The second-order valence-electron chi connectivity index (χ2n) is 6.62. The van der Waals surface area contributed by atoms with Crippen LogP contribution in [0.25, 0.3) is 0 Å². The normalized spacial score (nSPS) is 22.4. The monoisotopic (exact) mass is 406 g/mol. The zero-order chi connectivity index (χ0) is 18.0. The molecule has 0 saturated carbocycles. The molecule has 2 saturated heterocycles. The lowest BCUT2D eigenvalue weighted by Gasteiger charge is -2.39. The third-order valence-corrected chi connectivity index (χ3v) is 7.48. The van der Waals surface area contributed by atoms with Crippen LogP contribution in [0.3, 0.4) is 0 Å². The summed E-state index contributed by atoms with van der Waals surface area (Å²) in [6.07, 6.45) is 0. The standard InChI is InChI=1S/C16H24Cl2N4O2S/c1-19-4-8-21(9-5-19)25(23,24)22-10-6-20(7-11-22)13-14-2-3-15(17)12-16(14)18/h2-3,12H,4-11,13H2,1H3. The Kier molecular flexibility index (Phi) is 6.26. The van der Waals surface area contributed by atoms with Gasteiger partial charge >= 0.3 is 0 Å². The number of nitrogens with zero attached hydrogens (tertiary/aromatic N) is 4. The first-order chi connectivity index (χ1) is 11.9. The lowest BCUT2D eigenvalue weighted by Crippen LogP contribution is -2.56. The highest BCUT2D eigenvalue weighted by molar-refractivity contribution is 7.86. The maximum absolute atomic E-state index is 12.8. The Balaban J connectivity index is 1.56. The van der Waals surface area contributed by atoms with Crippen LogP contribution in [0.15, 0.2) is 18.2 Å². The van der Waals surface area contributed by atoms with Crippen molar-refractivity contribution in [2.45, 2.75) is 6.54 Å². The lowest BCUT2D eigenvalue weighted by molar-refractivity contribution is 0.165. The molecular formula is C16H24Cl2N4O2S. The Labute approximate surface area is 160 Å². The van der Waals surface area contributed by atoms with Crippen LogP contribution in [0, 0.1) is 0 Å². The summed E-state index contributed by atoms with van der Waals surface area (Å²) in [6.45, 7) is 5.84. The van der Waals surface area contributed by atoms with Crippen LogP contribution in [0.2, 0.25) is 10.0 Å². The molecule has 2 fully saturated rings. The van der Waals surface area contributed by atoms with Crippen molar-refractivity contribution in [3.63, 3.8) is 0 Å². The molecule has 1 aromatic carbocycles. The van der Waals surface area contributed by atoms with Gasteiger partial charge < -0.3 is 4.90 Å². The molecule has 3 rings (SSSR count). The average molecular weight is 407 g/mol. The van der Waals surface area contributed by atoms with Gasteiger partial charge in [0.15, 0.2) is 0 Å². The molecule has 140 valence electrons. The molecule has 2 aliphatic rings. The molecule has 0 bridgehead atoms. The highest BCUT2D eigenvalue weighted by Crippen LogP contribution is 2.23. The SMILES string of the molecule is CN1CCN(S(=O)(=O)N2CCN(Cc3ccc(Cl)cc3Cl)CC2)CC1. The van der Waals surface area contributed by atoms with Crippen LogP contribution < -0.4 is 0 Å². The van der Waals surface area contributed by atoms with Crippen molar-refractivity contribution >= 4 is 33.4 Å². The van der Waals surface area contributed by atoms with Gasteiger partial charge in [0.25, 0.3) is 10.2 Å². The molecule has 1 aromatic rings. The van der Waals surface area contributed by atoms with Crippen LogP contribution in [0.5, 0.6) is 0 Å². The minimum absolute atomic E-state index is 0.514. The van der Waals surface area contributed by atoms with Crippen molar-refractivity contribution in [3.05, 3.63) is 33.8 Å². The first-order valence-electron chi connectivity index (χ1n) is 8.46. The van der Waals surface area contributed by atoms with Crippen molar-refractivity contribution in [1.82, 2.24) is 18.4 Å². The summed E-state index contributed by atoms with van der Waals surface area (Å²) >= 11 is 12.2. The Morgan fingerprint density at radius 2 is 1.48 bits per heavy atom. The first kappa shape index (κ1) is 19.4. The van der Waals surface area contributed by atoms with Gasteiger partial charge in [0.2, 0.25) is 0 Å². The lowest BCUT2D eigenvalue weighted by atomic mass is 10.2. The molecule has 0 aliphatic carbocycles. The fourth-order valence-electron chi connectivity index (χ4n) is 3.19. The van der Waals surface area contributed by atoms with Gasteiger partial charge in [-0.1, -0.05) is 29.3 Å². The molecule has 0 amide bonds. The second kappa shape index (κ2) is 8.08. The van der Waals surface area contributed by atoms with Crippen LogP contribution in [-0.2, 0) is 16.8 Å². The van der Waals surface area contributed by atoms with E-state index in [1.54, 1.807) is 14.7 Å². The van der Waals surface area contributed by atoms with E-state index in [1.807, 2.05) is 19.2 Å². The van der Waals surface area contributed by atoms with E-state index in [9.17, 15) is 8.42 Å². The van der Waals surface area contributed by atoms with Gasteiger partial charge in [0, 0.05) is 68.9 Å². The smallest absolute Gasteiger partial charge is 0.282 e. The topological polar surface area (TPSA) is 47.1 Å². The predicted molar refractivity (Wildman–Crippen MR) is 101 cm³/mol. The van der Waals surface area contributed by atoms with Crippen molar-refractivity contribution in [2.75, 3.05) is 59.4 Å². The first-order valence-corrected chi connectivity index (χ1v) is 10.6. The van der Waals surface area contributed by atoms with Crippen LogP contribution in [0.4, 0.5) is 0 Å². The van der Waals surface area contributed by atoms with Crippen LogP contribution in [0.1, 0.15) is 5.56 Å². The Hall–Kier alpha value is -0.410. The van der Waals surface area contributed by atoms with Gasteiger partial charge in [-0.15, -0.1) is 0 Å². The summed E-state index contributed by atoms with van der Waals surface area (Å²) in [4.78, 5) is 4.38. The van der Waals surface area contributed by atoms with E-state index in [4.69, 9.17) is 23.2 Å². The minimum Gasteiger partial charge on any atom is -0.304 e. The third kappa shape index (κ3) is 4.66. The zero-order valence-corrected chi connectivity index (χ0v) is 16.7. The van der Waals surface area contributed by atoms with Crippen LogP contribution in [-0.4, -0.2) is 86.2 Å². The second-order valence-corrected chi connectivity index (χ2v) is 9.39. The van der Waals surface area contributed by atoms with E-state index in [0.717, 1.165) is 18.7 Å². The number of piperazine rings is 2. The molecule has 25 heavy (non-hydrogen) atoms. The number of likely N-dealkylation sites (N-methyl/N-ethyl adjacent to an activating group) is 1. The molecule has 2 aliphatic heterocycles. The molecular weight excluding hydrogens is 383 g/mol. The number of hydrogen-bond donors (Lipinski definition) is 0. The van der Waals surface area contributed by atoms with Gasteiger partial charge in [-0.3, -0.25) is 4.90 Å². The van der Waals surface area contributed by atoms with Crippen molar-refractivity contribution < 1.29 is 8.42 Å². The predicted octanol–water partition coefficient (Wildman–Crippen LogP) is 1.60. The average Bonchev–Trinajstić information content (AvgIpc) is 2.58. The summed E-state index contributed by atoms with van der Waals surface area (Å²) in [5.74, 6) is 0. The summed E-state index contributed by atoms with van der Waals surface area (Å²) in [5, 5.41) is 1.27. The van der Waals surface area contributed by atoms with E-state index in [1.165, 1.54) is 0 Å². The van der Waals surface area contributed by atoms with E-state index in [-0.39, 0.29) is 0 Å². The molecule has 0 radical (unpaired) electrons. The maximum atomic E-state index is 12.8. The highest BCUT2D eigenvalue weighted by Gasteiger charge is 2.33. The third-order valence-electron chi connectivity index (χ3n) is 4.86. The molecule has 0 aromatic heterocycles. The summed E-state index contributed by atoms with van der Waals surface area (Å²) < 4.78 is 28.8. The molecule has 9 heteroatoms. The maximum Gasteiger partial charge on any atom is 0.282 e. The summed E-state index contributed by atoms with van der Waals surface area (Å²) in [6, 6.07) is 5.50. The Bertz CT molecular complexity index is 700. The molecule has 2 heterocycles. The van der Waals surface area contributed by atoms with Gasteiger partial charge in [-0.05, 0) is 24.7 Å². The fraction of sp³-hybridized carbons (Fsp3) is 0.625. The zero-order valence-electron chi connectivity index (χ0n) is 14.4. The van der Waals surface area contributed by atoms with E-state index < -0.39 is 10.2 Å².